The topological polar surface area (TPSA) is 99.0 Å². The number of fused-ring (bicyclic) bond motifs is 1. The lowest BCUT2D eigenvalue weighted by Crippen LogP contribution is -2.28. The predicted molar refractivity (Wildman–Crippen MR) is 111 cm³/mol. The molecule has 150 valence electrons. The minimum atomic E-state index is -0.771. The molecule has 1 heterocycles. The van der Waals surface area contributed by atoms with E-state index in [-0.39, 0.29) is 0 Å². The molecule has 3 aromatic carbocycles. The Labute approximate surface area is 172 Å². The van der Waals surface area contributed by atoms with Gasteiger partial charge in [-0.1, -0.05) is 66.7 Å². The first-order chi connectivity index (χ1) is 14.7. The molecule has 30 heavy (non-hydrogen) atoms. The molecule has 0 spiro atoms. The monoisotopic (exact) mass is 401 g/mol. The van der Waals surface area contributed by atoms with E-state index in [1.54, 1.807) is 6.07 Å². The fraction of sp³-hybridized carbons (Fsp3) is 0.136. The maximum atomic E-state index is 12.7. The first kappa shape index (κ1) is 19.3. The van der Waals surface area contributed by atoms with Crippen molar-refractivity contribution in [3.63, 3.8) is 0 Å². The molecule has 8 nitrogen and oxygen atoms in total. The molecular formula is C22H19N5O3. The average molecular weight is 401 g/mol. The van der Waals surface area contributed by atoms with Crippen molar-refractivity contribution < 1.29 is 14.3 Å². The number of nitrogens with one attached hydrogen (secondary N) is 1. The van der Waals surface area contributed by atoms with Crippen molar-refractivity contribution in [3.05, 3.63) is 84.7 Å². The van der Waals surface area contributed by atoms with Crippen LogP contribution in [0.3, 0.4) is 0 Å². The average Bonchev–Trinajstić information content (AvgIpc) is 3.31. The van der Waals surface area contributed by atoms with Gasteiger partial charge in [-0.25, -0.2) is 9.48 Å². The molecular weight excluding hydrogens is 382 g/mol. The van der Waals surface area contributed by atoms with Gasteiger partial charge in [0.15, 0.2) is 12.6 Å². The number of hydrogen-bond acceptors (Lipinski definition) is 6. The Hall–Kier alpha value is -4.07. The van der Waals surface area contributed by atoms with Gasteiger partial charge < -0.3 is 10.1 Å². The summed E-state index contributed by atoms with van der Waals surface area (Å²) in [5, 5.41) is 15.7. The first-order valence-corrected chi connectivity index (χ1v) is 9.41. The van der Waals surface area contributed by atoms with Crippen LogP contribution in [0.15, 0.2) is 79.1 Å². The van der Waals surface area contributed by atoms with Crippen molar-refractivity contribution in [1.82, 2.24) is 20.2 Å². The highest BCUT2D eigenvalue weighted by Crippen LogP contribution is 2.23. The summed E-state index contributed by atoms with van der Waals surface area (Å²) in [6.07, 6.45) is 1.70. The number of nitrogens with zero attached hydrogens (tertiary/aromatic N) is 4. The fourth-order valence-corrected chi connectivity index (χ4v) is 3.19. The molecule has 0 radical (unpaired) electrons. The highest BCUT2D eigenvalue weighted by molar-refractivity contribution is 6.02. The molecule has 0 unspecified atom stereocenters. The van der Waals surface area contributed by atoms with Crippen LogP contribution in [-0.4, -0.2) is 38.7 Å². The zero-order valence-corrected chi connectivity index (χ0v) is 16.0. The van der Waals surface area contributed by atoms with Gasteiger partial charge in [-0.15, -0.1) is 5.10 Å². The lowest BCUT2D eigenvalue weighted by molar-refractivity contribution is -0.151. The van der Waals surface area contributed by atoms with Gasteiger partial charge in [0.1, 0.15) is 6.33 Å². The van der Waals surface area contributed by atoms with Crippen LogP contribution < -0.4 is 5.32 Å². The van der Waals surface area contributed by atoms with Crippen molar-refractivity contribution in [1.29, 1.82) is 0 Å². The summed E-state index contributed by atoms with van der Waals surface area (Å²) >= 11 is 0. The number of hydrogen-bond donors (Lipinski definition) is 1. The van der Waals surface area contributed by atoms with Gasteiger partial charge in [0, 0.05) is 17.5 Å². The molecule has 0 saturated heterocycles. The largest absolute Gasteiger partial charge is 0.454 e. The minimum Gasteiger partial charge on any atom is -0.454 e. The molecule has 1 atom stereocenters. The van der Waals surface area contributed by atoms with Gasteiger partial charge in [-0.05, 0) is 27.4 Å². The van der Waals surface area contributed by atoms with Gasteiger partial charge in [0.05, 0.1) is 0 Å². The van der Waals surface area contributed by atoms with Gasteiger partial charge in [0.25, 0.3) is 5.91 Å². The number of carbonyl (C=O) groups excluding carboxylic acids is 2. The van der Waals surface area contributed by atoms with Crippen molar-refractivity contribution in [2.75, 3.05) is 11.9 Å². The fourth-order valence-electron chi connectivity index (χ4n) is 3.19. The summed E-state index contributed by atoms with van der Waals surface area (Å²) in [6.45, 7) is -0.407. The van der Waals surface area contributed by atoms with Gasteiger partial charge in [-0.2, -0.15) is 0 Å². The Balaban J connectivity index is 1.42. The summed E-state index contributed by atoms with van der Waals surface area (Å²) in [5.74, 6) is -1.01. The highest BCUT2D eigenvalue weighted by atomic mass is 16.5. The molecule has 0 aliphatic heterocycles. The third kappa shape index (κ3) is 4.49. The predicted octanol–water partition coefficient (Wildman–Crippen LogP) is 2.79. The highest BCUT2D eigenvalue weighted by Gasteiger charge is 2.24. The lowest BCUT2D eigenvalue weighted by Gasteiger charge is -2.15. The maximum absolute atomic E-state index is 12.7. The van der Waals surface area contributed by atoms with E-state index in [1.165, 1.54) is 11.0 Å². The number of benzene rings is 3. The summed E-state index contributed by atoms with van der Waals surface area (Å²) in [6, 6.07) is 22.0. The smallest absolute Gasteiger partial charge is 0.331 e. The van der Waals surface area contributed by atoms with E-state index in [4.69, 9.17) is 4.74 Å². The van der Waals surface area contributed by atoms with E-state index < -0.39 is 24.5 Å². The summed E-state index contributed by atoms with van der Waals surface area (Å²) in [7, 11) is 0. The summed E-state index contributed by atoms with van der Waals surface area (Å²) in [5.41, 5.74) is 1.59. The SMILES string of the molecule is O=C(COC(=O)[C@@H](Cc1ccccc1)n1cnnn1)Nc1cccc2ccccc12. The molecule has 4 aromatic rings. The quantitative estimate of drug-likeness (QED) is 0.478. The molecule has 1 N–H and O–H groups in total. The number of aromatic nitrogens is 4. The summed E-state index contributed by atoms with van der Waals surface area (Å²) < 4.78 is 6.61. The molecule has 0 aliphatic carbocycles. The molecule has 0 bridgehead atoms. The number of amides is 1. The molecule has 4 rings (SSSR count). The summed E-state index contributed by atoms with van der Waals surface area (Å²) in [4.78, 5) is 25.1. The third-order valence-electron chi connectivity index (χ3n) is 4.64. The number of anilines is 1. The van der Waals surface area contributed by atoms with Crippen molar-refractivity contribution in [3.8, 4) is 0 Å². The zero-order valence-electron chi connectivity index (χ0n) is 16.0. The van der Waals surface area contributed by atoms with E-state index in [2.05, 4.69) is 20.8 Å². The molecule has 0 fully saturated rings. The number of esters is 1. The van der Waals surface area contributed by atoms with Crippen molar-refractivity contribution in [2.24, 2.45) is 0 Å². The van der Waals surface area contributed by atoms with E-state index >= 15 is 0 Å². The van der Waals surface area contributed by atoms with Gasteiger partial charge >= 0.3 is 5.97 Å². The van der Waals surface area contributed by atoms with Gasteiger partial charge in [-0.3, -0.25) is 4.79 Å². The number of ether oxygens (including phenoxy) is 1. The molecule has 0 saturated carbocycles. The maximum Gasteiger partial charge on any atom is 0.331 e. The standard InChI is InChI=1S/C22H19N5O3/c28-21(24-19-12-6-10-17-9-4-5-11-18(17)19)14-30-22(29)20(27-15-23-25-26-27)13-16-7-2-1-3-8-16/h1-12,15,20H,13-14H2,(H,24,28)/t20-/m1/s1. The Morgan fingerprint density at radius 3 is 2.53 bits per heavy atom. The Bertz CT molecular complexity index is 1140. The van der Waals surface area contributed by atoms with Crippen LogP contribution in [0.1, 0.15) is 11.6 Å². The van der Waals surface area contributed by atoms with E-state index in [0.717, 1.165) is 16.3 Å². The second-order valence-electron chi connectivity index (χ2n) is 6.68. The van der Waals surface area contributed by atoms with Crippen LogP contribution in [0.2, 0.25) is 0 Å². The normalized spacial score (nSPS) is 11.7. The molecule has 1 amide bonds. The minimum absolute atomic E-state index is 0.343. The Morgan fingerprint density at radius 2 is 1.73 bits per heavy atom. The lowest BCUT2D eigenvalue weighted by atomic mass is 10.1. The Morgan fingerprint density at radius 1 is 0.967 bits per heavy atom. The van der Waals surface area contributed by atoms with Crippen LogP contribution >= 0.6 is 0 Å². The van der Waals surface area contributed by atoms with E-state index in [0.29, 0.717) is 12.1 Å². The van der Waals surface area contributed by atoms with Crippen LogP contribution in [0, 0.1) is 0 Å². The molecule has 8 heteroatoms. The van der Waals surface area contributed by atoms with Crippen LogP contribution in [0.25, 0.3) is 10.8 Å². The van der Waals surface area contributed by atoms with Crippen LogP contribution in [0.5, 0.6) is 0 Å². The second-order valence-corrected chi connectivity index (χ2v) is 6.68. The zero-order chi connectivity index (χ0) is 20.8. The first-order valence-electron chi connectivity index (χ1n) is 9.41. The van der Waals surface area contributed by atoms with Crippen LogP contribution in [0.4, 0.5) is 5.69 Å². The van der Waals surface area contributed by atoms with Gasteiger partial charge in [0.2, 0.25) is 0 Å². The second kappa shape index (κ2) is 8.95. The molecule has 0 aliphatic rings. The van der Waals surface area contributed by atoms with Crippen molar-refractivity contribution in [2.45, 2.75) is 12.5 Å². The third-order valence-corrected chi connectivity index (χ3v) is 4.64. The van der Waals surface area contributed by atoms with E-state index in [1.807, 2.05) is 66.7 Å². The van der Waals surface area contributed by atoms with Crippen molar-refractivity contribution >= 4 is 28.3 Å². The van der Waals surface area contributed by atoms with E-state index in [9.17, 15) is 9.59 Å². The van der Waals surface area contributed by atoms with Crippen LogP contribution in [-0.2, 0) is 20.7 Å². The number of tetrazole rings is 1. The molecule has 1 aromatic heterocycles. The number of carbonyl (C=O) groups is 2. The Kier molecular flexibility index (Phi) is 5.75. The number of rotatable bonds is 7.